The molecule has 2 rings (SSSR count). The number of halogens is 1. The van der Waals surface area contributed by atoms with Crippen molar-refractivity contribution >= 4 is 33.2 Å². The van der Waals surface area contributed by atoms with Crippen LogP contribution in [0.2, 0.25) is 0 Å². The highest BCUT2D eigenvalue weighted by molar-refractivity contribution is 7.18. The molecule has 2 aromatic heterocycles. The number of fused-ring (bicyclic) bond motifs is 1. The first-order valence-electron chi connectivity index (χ1n) is 4.57. The minimum absolute atomic E-state index is 0.00231. The Balaban J connectivity index is 2.98. The molecule has 0 unspecified atom stereocenters. The molecule has 5 heteroatoms. The van der Waals surface area contributed by atoms with Crippen molar-refractivity contribution in [1.82, 2.24) is 9.55 Å². The lowest BCUT2D eigenvalue weighted by Crippen LogP contribution is -2.21. The van der Waals surface area contributed by atoms with Crippen LogP contribution in [0.3, 0.4) is 0 Å². The fraction of sp³-hybridized carbons (Fsp3) is 0.400. The van der Waals surface area contributed by atoms with Crippen molar-refractivity contribution in [3.63, 3.8) is 0 Å². The molecule has 2 heterocycles. The highest BCUT2D eigenvalue weighted by Gasteiger charge is 2.13. The lowest BCUT2D eigenvalue weighted by Gasteiger charge is -2.03. The summed E-state index contributed by atoms with van der Waals surface area (Å²) in [4.78, 5) is 18.3. The van der Waals surface area contributed by atoms with Crippen LogP contribution < -0.4 is 5.56 Å². The molecule has 0 atom stereocenters. The van der Waals surface area contributed by atoms with E-state index < -0.39 is 0 Å². The van der Waals surface area contributed by atoms with Crippen molar-refractivity contribution in [3.05, 3.63) is 26.6 Å². The molecule has 0 aliphatic heterocycles. The Morgan fingerprint density at radius 2 is 2.13 bits per heavy atom. The number of hydrogen-bond acceptors (Lipinski definition) is 3. The van der Waals surface area contributed by atoms with Gasteiger partial charge in [0.2, 0.25) is 0 Å². The Morgan fingerprint density at radius 1 is 1.47 bits per heavy atom. The van der Waals surface area contributed by atoms with E-state index in [2.05, 4.69) is 4.98 Å². The third-order valence-electron chi connectivity index (χ3n) is 2.62. The van der Waals surface area contributed by atoms with E-state index >= 15 is 0 Å². The van der Waals surface area contributed by atoms with E-state index in [0.717, 1.165) is 20.7 Å². The van der Waals surface area contributed by atoms with Gasteiger partial charge < -0.3 is 0 Å². The van der Waals surface area contributed by atoms with Crippen LogP contribution in [0.25, 0.3) is 10.2 Å². The first-order valence-corrected chi connectivity index (χ1v) is 5.93. The zero-order valence-electron chi connectivity index (χ0n) is 8.80. The van der Waals surface area contributed by atoms with Crippen LogP contribution in [0.1, 0.15) is 16.3 Å². The standard InChI is InChI=1S/C10H11ClN2OS/c1-5-6(2)15-9-8(5)10(14)13(3)7(4-11)12-9/h4H2,1-3H3. The Labute approximate surface area is 96.3 Å². The van der Waals surface area contributed by atoms with Gasteiger partial charge in [-0.3, -0.25) is 9.36 Å². The number of alkyl halides is 1. The SMILES string of the molecule is Cc1sc2nc(CCl)n(C)c(=O)c2c1C. The van der Waals surface area contributed by atoms with Crippen molar-refractivity contribution in [2.75, 3.05) is 0 Å². The van der Waals surface area contributed by atoms with Gasteiger partial charge >= 0.3 is 0 Å². The molecule has 0 N–H and O–H groups in total. The van der Waals surface area contributed by atoms with Crippen LogP contribution in [-0.2, 0) is 12.9 Å². The van der Waals surface area contributed by atoms with Crippen molar-refractivity contribution < 1.29 is 0 Å². The fourth-order valence-electron chi connectivity index (χ4n) is 1.54. The van der Waals surface area contributed by atoms with Gasteiger partial charge in [0.25, 0.3) is 5.56 Å². The largest absolute Gasteiger partial charge is 0.298 e. The van der Waals surface area contributed by atoms with Gasteiger partial charge in [0.1, 0.15) is 10.7 Å². The summed E-state index contributed by atoms with van der Waals surface area (Å²) in [7, 11) is 1.71. The lowest BCUT2D eigenvalue weighted by molar-refractivity contribution is 0.784. The topological polar surface area (TPSA) is 34.9 Å². The summed E-state index contributed by atoms with van der Waals surface area (Å²) in [6.07, 6.45) is 0. The molecule has 2 aromatic rings. The summed E-state index contributed by atoms with van der Waals surface area (Å²) in [5.41, 5.74) is 1.03. The van der Waals surface area contributed by atoms with Crippen LogP contribution in [0.5, 0.6) is 0 Å². The molecule has 0 saturated carbocycles. The van der Waals surface area contributed by atoms with Crippen molar-refractivity contribution in [3.8, 4) is 0 Å². The van der Waals surface area contributed by atoms with E-state index in [9.17, 15) is 4.79 Å². The molecule has 0 aliphatic carbocycles. The molecule has 15 heavy (non-hydrogen) atoms. The van der Waals surface area contributed by atoms with Crippen LogP contribution in [0.4, 0.5) is 0 Å². The first-order chi connectivity index (χ1) is 7.06. The second kappa shape index (κ2) is 3.61. The van der Waals surface area contributed by atoms with E-state index in [1.54, 1.807) is 18.4 Å². The maximum Gasteiger partial charge on any atom is 0.262 e. The molecule has 3 nitrogen and oxygen atoms in total. The van der Waals surface area contributed by atoms with E-state index in [0.29, 0.717) is 5.82 Å². The predicted molar refractivity (Wildman–Crippen MR) is 63.9 cm³/mol. The molecule has 0 aliphatic rings. The van der Waals surface area contributed by atoms with E-state index in [4.69, 9.17) is 11.6 Å². The van der Waals surface area contributed by atoms with Crippen molar-refractivity contribution in [1.29, 1.82) is 0 Å². The van der Waals surface area contributed by atoms with Crippen molar-refractivity contribution in [2.24, 2.45) is 7.05 Å². The molecule has 0 spiro atoms. The van der Waals surface area contributed by atoms with Gasteiger partial charge in [0.15, 0.2) is 0 Å². The number of rotatable bonds is 1. The van der Waals surface area contributed by atoms with Crippen molar-refractivity contribution in [2.45, 2.75) is 19.7 Å². The summed E-state index contributed by atoms with van der Waals surface area (Å²) in [6.45, 7) is 3.96. The second-order valence-corrected chi connectivity index (χ2v) is 4.96. The highest BCUT2D eigenvalue weighted by Crippen LogP contribution is 2.26. The van der Waals surface area contributed by atoms with Gasteiger partial charge in [-0.05, 0) is 19.4 Å². The minimum Gasteiger partial charge on any atom is -0.298 e. The predicted octanol–water partition coefficient (Wildman–Crippen LogP) is 2.35. The Bertz CT molecular complexity index is 585. The average molecular weight is 243 g/mol. The monoisotopic (exact) mass is 242 g/mol. The van der Waals surface area contributed by atoms with E-state index in [1.807, 2.05) is 13.8 Å². The van der Waals surface area contributed by atoms with E-state index in [1.165, 1.54) is 4.57 Å². The second-order valence-electron chi connectivity index (χ2n) is 3.49. The maximum atomic E-state index is 12.0. The Hall–Kier alpha value is -0.870. The molecule has 0 amide bonds. The highest BCUT2D eigenvalue weighted by atomic mass is 35.5. The van der Waals surface area contributed by atoms with E-state index in [-0.39, 0.29) is 11.4 Å². The first kappa shape index (κ1) is 10.6. The zero-order valence-corrected chi connectivity index (χ0v) is 10.4. The van der Waals surface area contributed by atoms with Gasteiger partial charge in [-0.25, -0.2) is 4.98 Å². The summed E-state index contributed by atoms with van der Waals surface area (Å²) >= 11 is 7.28. The summed E-state index contributed by atoms with van der Waals surface area (Å²) in [6, 6.07) is 0. The number of aryl methyl sites for hydroxylation is 2. The van der Waals surface area contributed by atoms with Gasteiger partial charge in [-0.1, -0.05) is 0 Å². The minimum atomic E-state index is -0.00231. The van der Waals surface area contributed by atoms with Crippen LogP contribution in [-0.4, -0.2) is 9.55 Å². The van der Waals surface area contributed by atoms with Crippen LogP contribution in [0.15, 0.2) is 4.79 Å². The summed E-state index contributed by atoms with van der Waals surface area (Å²) < 4.78 is 1.52. The number of thiophene rings is 1. The Kier molecular flexibility index (Phi) is 2.56. The Morgan fingerprint density at radius 3 is 2.73 bits per heavy atom. The lowest BCUT2D eigenvalue weighted by atomic mass is 10.2. The molecule has 0 saturated heterocycles. The number of nitrogens with zero attached hydrogens (tertiary/aromatic N) is 2. The quantitative estimate of drug-likeness (QED) is 0.720. The normalized spacial score (nSPS) is 11.2. The van der Waals surface area contributed by atoms with Crippen LogP contribution in [0, 0.1) is 13.8 Å². The summed E-state index contributed by atoms with van der Waals surface area (Å²) in [5, 5.41) is 0.730. The van der Waals surface area contributed by atoms with Gasteiger partial charge in [-0.15, -0.1) is 22.9 Å². The molecular weight excluding hydrogens is 232 g/mol. The average Bonchev–Trinajstić information content (AvgIpc) is 2.49. The molecule has 0 aromatic carbocycles. The fourth-order valence-corrected chi connectivity index (χ4v) is 2.81. The third kappa shape index (κ3) is 1.48. The molecule has 80 valence electrons. The molecule has 0 bridgehead atoms. The summed E-state index contributed by atoms with van der Waals surface area (Å²) in [5.74, 6) is 0.882. The van der Waals surface area contributed by atoms with Gasteiger partial charge in [0, 0.05) is 11.9 Å². The zero-order chi connectivity index (χ0) is 11.2. The smallest absolute Gasteiger partial charge is 0.262 e. The number of aromatic nitrogens is 2. The molecular formula is C10H11ClN2OS. The number of hydrogen-bond donors (Lipinski definition) is 0. The molecule has 0 radical (unpaired) electrons. The van der Waals surface area contributed by atoms with Crippen LogP contribution >= 0.6 is 22.9 Å². The third-order valence-corrected chi connectivity index (χ3v) is 3.96. The maximum absolute atomic E-state index is 12.0. The molecule has 0 fully saturated rings. The van der Waals surface area contributed by atoms with Gasteiger partial charge in [0.05, 0.1) is 11.3 Å². The van der Waals surface area contributed by atoms with Gasteiger partial charge in [-0.2, -0.15) is 0 Å².